The van der Waals surface area contributed by atoms with E-state index in [1.165, 1.54) is 230 Å². The first-order valence-electron chi connectivity index (χ1n) is 24.3. The van der Waals surface area contributed by atoms with Gasteiger partial charge in [-0.3, -0.25) is 0 Å². The molecule has 3 atom stereocenters. The molecule has 3 unspecified atom stereocenters. The highest BCUT2D eigenvalue weighted by atomic mass is 33.1. The average Bonchev–Trinajstić information content (AvgIpc) is 3.92. The molecular weight excluding hydrogens is 669 g/mol. The maximum Gasteiger partial charge on any atom is 0.0165 e. The van der Waals surface area contributed by atoms with Crippen molar-refractivity contribution in [1.29, 1.82) is 0 Å². The molecular formula is C48H100N2S2. The third-order valence-electron chi connectivity index (χ3n) is 12.0. The van der Waals surface area contributed by atoms with Gasteiger partial charge in [0.1, 0.15) is 0 Å². The van der Waals surface area contributed by atoms with E-state index in [0.717, 1.165) is 17.9 Å². The van der Waals surface area contributed by atoms with Crippen molar-refractivity contribution in [1.82, 2.24) is 9.80 Å². The van der Waals surface area contributed by atoms with Gasteiger partial charge in [0.25, 0.3) is 0 Å². The molecule has 1 aliphatic rings. The van der Waals surface area contributed by atoms with Crippen molar-refractivity contribution in [3.8, 4) is 0 Å². The van der Waals surface area contributed by atoms with Gasteiger partial charge in [-0.25, -0.2) is 0 Å². The lowest BCUT2D eigenvalue weighted by Crippen LogP contribution is -2.33. The summed E-state index contributed by atoms with van der Waals surface area (Å²) in [6.07, 6.45) is 46.6. The Balaban J connectivity index is 0.0000128. The Morgan fingerprint density at radius 2 is 0.808 bits per heavy atom. The highest BCUT2D eigenvalue weighted by Crippen LogP contribution is 2.45. The minimum Gasteiger partial charge on any atom is -0.303 e. The average molecular weight is 769 g/mol. The Kier molecular flexibility index (Phi) is 43.3. The van der Waals surface area contributed by atoms with E-state index < -0.39 is 0 Å². The van der Waals surface area contributed by atoms with Crippen LogP contribution in [0.4, 0.5) is 0 Å². The van der Waals surface area contributed by atoms with E-state index in [9.17, 15) is 0 Å². The lowest BCUT2D eigenvalue weighted by atomic mass is 9.98. The summed E-state index contributed by atoms with van der Waals surface area (Å²) in [4.78, 5) is 5.45. The topological polar surface area (TPSA) is 6.48 Å². The molecule has 0 bridgehead atoms. The standard InChI is InChI=1S/C46H94N2S2.C2H6/c1-6-10-13-16-19-20-22-28-33-38-48(9-4)40-42-50-49-41-39-47(5)46(36-31-26-21-17-14-11-7-2)37-32-27-23-25-30-35-45-43-44(45)34-29-24-18-15-12-8-3;1-2/h44-46H,6-43H2,1-5H3;1-2H3. The molecule has 0 heterocycles. The van der Waals surface area contributed by atoms with Crippen molar-refractivity contribution in [3.63, 3.8) is 0 Å². The molecule has 1 rings (SSSR count). The molecule has 1 aliphatic carbocycles. The molecule has 0 amide bonds. The summed E-state index contributed by atoms with van der Waals surface area (Å²) in [5.74, 6) is 4.78. The molecule has 1 saturated carbocycles. The molecule has 1 fully saturated rings. The van der Waals surface area contributed by atoms with Gasteiger partial charge in [-0.15, -0.1) is 0 Å². The summed E-state index contributed by atoms with van der Waals surface area (Å²) >= 11 is 0. The first kappa shape index (κ1) is 52.6. The lowest BCUT2D eigenvalue weighted by Gasteiger charge is -2.28. The molecule has 4 heteroatoms. The number of rotatable bonds is 42. The minimum absolute atomic E-state index is 0.803. The van der Waals surface area contributed by atoms with Crippen LogP contribution in [0, 0.1) is 11.8 Å². The van der Waals surface area contributed by atoms with Gasteiger partial charge in [-0.05, 0) is 57.7 Å². The summed E-state index contributed by atoms with van der Waals surface area (Å²) in [5.41, 5.74) is 0. The van der Waals surface area contributed by atoms with Gasteiger partial charge in [-0.1, -0.05) is 243 Å². The van der Waals surface area contributed by atoms with Crippen LogP contribution in [-0.2, 0) is 0 Å². The summed E-state index contributed by atoms with van der Waals surface area (Å²) in [6.45, 7) is 18.4. The number of hydrogen-bond acceptors (Lipinski definition) is 4. The SMILES string of the molecule is CC.CCCCCCCCCCCN(CC)CCSSCCN(C)C(CCCCCCCCC)CCCCCCCC1CC1CCCCCCCC. The van der Waals surface area contributed by atoms with Crippen molar-refractivity contribution in [2.45, 2.75) is 253 Å². The molecule has 0 aliphatic heterocycles. The monoisotopic (exact) mass is 769 g/mol. The second-order valence-electron chi connectivity index (χ2n) is 16.6. The maximum absolute atomic E-state index is 2.75. The Morgan fingerprint density at radius 3 is 1.23 bits per heavy atom. The largest absolute Gasteiger partial charge is 0.303 e. The molecule has 0 saturated heterocycles. The van der Waals surface area contributed by atoms with Crippen molar-refractivity contribution in [2.24, 2.45) is 11.8 Å². The fourth-order valence-corrected chi connectivity index (χ4v) is 10.3. The Morgan fingerprint density at radius 1 is 0.442 bits per heavy atom. The zero-order valence-corrected chi connectivity index (χ0v) is 38.9. The van der Waals surface area contributed by atoms with E-state index in [4.69, 9.17) is 0 Å². The smallest absolute Gasteiger partial charge is 0.0165 e. The highest BCUT2D eigenvalue weighted by molar-refractivity contribution is 8.76. The van der Waals surface area contributed by atoms with Gasteiger partial charge < -0.3 is 9.80 Å². The Bertz CT molecular complexity index is 660. The molecule has 52 heavy (non-hydrogen) atoms. The van der Waals surface area contributed by atoms with E-state index in [-0.39, 0.29) is 0 Å². The zero-order chi connectivity index (χ0) is 38.2. The van der Waals surface area contributed by atoms with Crippen molar-refractivity contribution < 1.29 is 0 Å². The van der Waals surface area contributed by atoms with Crippen LogP contribution in [0.15, 0.2) is 0 Å². The summed E-state index contributed by atoms with van der Waals surface area (Å²) in [5, 5.41) is 0. The number of nitrogens with zero attached hydrogens (tertiary/aromatic N) is 2. The second kappa shape index (κ2) is 42.8. The van der Waals surface area contributed by atoms with Gasteiger partial charge >= 0.3 is 0 Å². The van der Waals surface area contributed by atoms with Crippen LogP contribution in [0.2, 0.25) is 0 Å². The normalized spacial score (nSPS) is 16.1. The van der Waals surface area contributed by atoms with Crippen LogP contribution >= 0.6 is 21.6 Å². The van der Waals surface area contributed by atoms with Gasteiger partial charge in [0.2, 0.25) is 0 Å². The van der Waals surface area contributed by atoms with Crippen molar-refractivity contribution in [2.75, 3.05) is 44.7 Å². The summed E-state index contributed by atoms with van der Waals surface area (Å²) < 4.78 is 0. The van der Waals surface area contributed by atoms with Gasteiger partial charge in [0.05, 0.1) is 0 Å². The van der Waals surface area contributed by atoms with Crippen LogP contribution in [-0.4, -0.2) is 60.6 Å². The molecule has 0 aromatic carbocycles. The third-order valence-corrected chi connectivity index (χ3v) is 14.4. The number of unbranched alkanes of at least 4 members (excludes halogenated alkanes) is 23. The zero-order valence-electron chi connectivity index (χ0n) is 37.3. The molecule has 0 aromatic rings. The van der Waals surface area contributed by atoms with E-state index >= 15 is 0 Å². The minimum atomic E-state index is 0.803. The summed E-state index contributed by atoms with van der Waals surface area (Å²) in [6, 6.07) is 0.803. The van der Waals surface area contributed by atoms with Crippen LogP contribution < -0.4 is 0 Å². The first-order valence-corrected chi connectivity index (χ1v) is 26.8. The molecule has 0 radical (unpaired) electrons. The quantitative estimate of drug-likeness (QED) is 0.0450. The van der Waals surface area contributed by atoms with Crippen molar-refractivity contribution in [3.05, 3.63) is 0 Å². The maximum atomic E-state index is 2.75. The Hall–Kier alpha value is 0.620. The third kappa shape index (κ3) is 35.1. The predicted molar refractivity (Wildman–Crippen MR) is 247 cm³/mol. The van der Waals surface area contributed by atoms with E-state index in [2.05, 4.69) is 66.1 Å². The lowest BCUT2D eigenvalue weighted by molar-refractivity contribution is 0.221. The predicted octanol–water partition coefficient (Wildman–Crippen LogP) is 16.8. The van der Waals surface area contributed by atoms with E-state index in [0.29, 0.717) is 0 Å². The first-order chi connectivity index (χ1) is 25.7. The van der Waals surface area contributed by atoms with Gasteiger partial charge in [0.15, 0.2) is 0 Å². The molecule has 2 nitrogen and oxygen atoms in total. The number of hydrogen-bond donors (Lipinski definition) is 0. The Labute approximate surface area is 339 Å². The summed E-state index contributed by atoms with van der Waals surface area (Å²) in [7, 11) is 6.71. The van der Waals surface area contributed by atoms with Gasteiger partial charge in [-0.2, -0.15) is 0 Å². The van der Waals surface area contributed by atoms with Gasteiger partial charge in [0, 0.05) is 30.6 Å². The highest BCUT2D eigenvalue weighted by Gasteiger charge is 2.35. The molecule has 0 aromatic heterocycles. The van der Waals surface area contributed by atoms with Crippen LogP contribution in [0.5, 0.6) is 0 Å². The fourth-order valence-electron chi connectivity index (χ4n) is 8.17. The second-order valence-corrected chi connectivity index (χ2v) is 19.3. The molecule has 0 N–H and O–H groups in total. The van der Waals surface area contributed by atoms with E-state index in [1.807, 2.05) is 13.8 Å². The molecule has 0 spiro atoms. The molecule has 314 valence electrons. The van der Waals surface area contributed by atoms with Crippen molar-refractivity contribution >= 4 is 21.6 Å². The van der Waals surface area contributed by atoms with Crippen LogP contribution in [0.3, 0.4) is 0 Å². The van der Waals surface area contributed by atoms with Crippen LogP contribution in [0.1, 0.15) is 247 Å². The van der Waals surface area contributed by atoms with Crippen LogP contribution in [0.25, 0.3) is 0 Å². The fraction of sp³-hybridized carbons (Fsp3) is 1.00. The van der Waals surface area contributed by atoms with E-state index in [1.54, 1.807) is 12.8 Å².